The number of hydrogen-bond donors (Lipinski definition) is 1. The molecule has 1 aromatic rings. The van der Waals surface area contributed by atoms with Crippen LogP contribution in [0.5, 0.6) is 0 Å². The molecule has 92 valence electrons. The first kappa shape index (κ1) is 12.2. The quantitative estimate of drug-likeness (QED) is 0.630. The predicted molar refractivity (Wildman–Crippen MR) is 66.2 cm³/mol. The van der Waals surface area contributed by atoms with Gasteiger partial charge in [0.2, 0.25) is 0 Å². The number of nitrogens with zero attached hydrogens (tertiary/aromatic N) is 1. The van der Waals surface area contributed by atoms with Crippen LogP contribution in [0.3, 0.4) is 0 Å². The molecule has 1 heterocycles. The number of hydrogen-bond acceptors (Lipinski definition) is 4. The highest BCUT2D eigenvalue weighted by Gasteiger charge is 2.19. The van der Waals surface area contributed by atoms with Gasteiger partial charge in [-0.15, -0.1) is 0 Å². The van der Waals surface area contributed by atoms with Crippen molar-refractivity contribution in [2.24, 2.45) is 5.92 Å². The average Bonchev–Trinajstić information content (AvgIpc) is 2.24. The summed E-state index contributed by atoms with van der Waals surface area (Å²) < 4.78 is 11.8. The van der Waals surface area contributed by atoms with E-state index < -0.39 is 15.7 Å². The standard InChI is InChI=1S/C11H14N2O3S/c14-13(15)11-3-1-9(2-4-11)7-17(16)8-10-5-12-6-10/h1-4,10,12H,5-8H2. The van der Waals surface area contributed by atoms with Crippen LogP contribution < -0.4 is 5.32 Å². The maximum absolute atomic E-state index is 11.8. The molecule has 1 atom stereocenters. The zero-order chi connectivity index (χ0) is 12.3. The first-order valence-electron chi connectivity index (χ1n) is 5.44. The number of benzene rings is 1. The highest BCUT2D eigenvalue weighted by molar-refractivity contribution is 7.84. The second-order valence-corrected chi connectivity index (χ2v) is 5.70. The van der Waals surface area contributed by atoms with Crippen LogP contribution in [0, 0.1) is 16.0 Å². The molecule has 0 radical (unpaired) electrons. The maximum atomic E-state index is 11.8. The van der Waals surface area contributed by atoms with Gasteiger partial charge in [-0.3, -0.25) is 14.3 Å². The molecule has 0 amide bonds. The normalized spacial score (nSPS) is 17.4. The summed E-state index contributed by atoms with van der Waals surface area (Å²) in [5.74, 6) is 1.72. The number of nitro groups is 1. The lowest BCUT2D eigenvalue weighted by Gasteiger charge is -2.26. The summed E-state index contributed by atoms with van der Waals surface area (Å²) in [6.07, 6.45) is 0. The molecule has 5 nitrogen and oxygen atoms in total. The third kappa shape index (κ3) is 3.34. The van der Waals surface area contributed by atoms with Gasteiger partial charge in [0.25, 0.3) is 5.69 Å². The summed E-state index contributed by atoms with van der Waals surface area (Å²) in [7, 11) is -0.877. The van der Waals surface area contributed by atoms with Crippen molar-refractivity contribution >= 4 is 16.5 Å². The van der Waals surface area contributed by atoms with Gasteiger partial charge in [0.05, 0.1) is 4.92 Å². The molecule has 1 aromatic carbocycles. The average molecular weight is 254 g/mol. The molecular formula is C11H14N2O3S. The Balaban J connectivity index is 1.89. The van der Waals surface area contributed by atoms with E-state index in [9.17, 15) is 14.3 Å². The highest BCUT2D eigenvalue weighted by Crippen LogP contribution is 2.14. The van der Waals surface area contributed by atoms with Crippen molar-refractivity contribution in [1.82, 2.24) is 5.32 Å². The third-order valence-corrected chi connectivity index (χ3v) is 4.26. The van der Waals surface area contributed by atoms with Crippen LogP contribution in [0.15, 0.2) is 24.3 Å². The number of nitrogens with one attached hydrogen (secondary N) is 1. The molecular weight excluding hydrogens is 240 g/mol. The number of nitro benzene ring substituents is 1. The van der Waals surface area contributed by atoms with E-state index in [2.05, 4.69) is 5.32 Å². The van der Waals surface area contributed by atoms with Crippen LogP contribution in [0.1, 0.15) is 5.56 Å². The van der Waals surface area contributed by atoms with E-state index in [0.717, 1.165) is 18.7 Å². The summed E-state index contributed by atoms with van der Waals surface area (Å²) >= 11 is 0. The molecule has 1 fully saturated rings. The molecule has 1 aliphatic rings. The van der Waals surface area contributed by atoms with Gasteiger partial charge in [0.1, 0.15) is 0 Å². The van der Waals surface area contributed by atoms with Crippen LogP contribution >= 0.6 is 0 Å². The summed E-state index contributed by atoms with van der Waals surface area (Å²) in [6, 6.07) is 6.26. The first-order chi connectivity index (χ1) is 8.15. The summed E-state index contributed by atoms with van der Waals surface area (Å²) in [6.45, 7) is 1.90. The maximum Gasteiger partial charge on any atom is 0.269 e. The van der Waals surface area contributed by atoms with Gasteiger partial charge >= 0.3 is 0 Å². The molecule has 0 aliphatic carbocycles. The molecule has 0 aromatic heterocycles. The van der Waals surface area contributed by atoms with Crippen molar-refractivity contribution in [2.75, 3.05) is 18.8 Å². The highest BCUT2D eigenvalue weighted by atomic mass is 32.2. The van der Waals surface area contributed by atoms with Crippen molar-refractivity contribution in [3.8, 4) is 0 Å². The summed E-state index contributed by atoms with van der Waals surface area (Å²) in [5, 5.41) is 13.6. The van der Waals surface area contributed by atoms with Crippen molar-refractivity contribution in [3.05, 3.63) is 39.9 Å². The topological polar surface area (TPSA) is 72.2 Å². The van der Waals surface area contributed by atoms with Gasteiger partial charge in [-0.05, 0) is 11.5 Å². The molecule has 17 heavy (non-hydrogen) atoms. The van der Waals surface area contributed by atoms with Crippen LogP contribution in [-0.4, -0.2) is 28.0 Å². The van der Waals surface area contributed by atoms with E-state index >= 15 is 0 Å². The van der Waals surface area contributed by atoms with E-state index in [1.807, 2.05) is 0 Å². The fourth-order valence-electron chi connectivity index (χ4n) is 1.69. The minimum Gasteiger partial charge on any atom is -0.316 e. The molecule has 6 heteroatoms. The molecule has 1 unspecified atom stereocenters. The van der Waals surface area contributed by atoms with Gasteiger partial charge in [-0.25, -0.2) is 0 Å². The zero-order valence-corrected chi connectivity index (χ0v) is 10.1. The largest absolute Gasteiger partial charge is 0.316 e. The summed E-state index contributed by atoms with van der Waals surface area (Å²) in [5.41, 5.74) is 0.962. The van der Waals surface area contributed by atoms with E-state index in [0.29, 0.717) is 17.4 Å². The number of non-ortho nitro benzene ring substituents is 1. The van der Waals surface area contributed by atoms with Crippen molar-refractivity contribution < 1.29 is 9.13 Å². The van der Waals surface area contributed by atoms with Crippen molar-refractivity contribution in [3.63, 3.8) is 0 Å². The lowest BCUT2D eigenvalue weighted by atomic mass is 10.1. The van der Waals surface area contributed by atoms with E-state index in [1.165, 1.54) is 12.1 Å². The fraction of sp³-hybridized carbons (Fsp3) is 0.455. The molecule has 0 spiro atoms. The minimum atomic E-state index is -0.877. The monoisotopic (exact) mass is 254 g/mol. The van der Waals surface area contributed by atoms with Crippen LogP contribution in [0.25, 0.3) is 0 Å². The van der Waals surface area contributed by atoms with E-state index in [1.54, 1.807) is 12.1 Å². The molecule has 1 N–H and O–H groups in total. The zero-order valence-electron chi connectivity index (χ0n) is 9.30. The molecule has 1 saturated heterocycles. The molecule has 1 aliphatic heterocycles. The Morgan fingerprint density at radius 3 is 2.47 bits per heavy atom. The third-order valence-electron chi connectivity index (χ3n) is 2.76. The lowest BCUT2D eigenvalue weighted by Crippen LogP contribution is -2.44. The Morgan fingerprint density at radius 1 is 1.35 bits per heavy atom. The Labute approximate surface area is 102 Å². The van der Waals surface area contributed by atoms with Gasteiger partial charge < -0.3 is 5.32 Å². The van der Waals surface area contributed by atoms with Crippen LogP contribution in [0.2, 0.25) is 0 Å². The van der Waals surface area contributed by atoms with Crippen molar-refractivity contribution in [2.45, 2.75) is 5.75 Å². The Morgan fingerprint density at radius 2 is 2.00 bits per heavy atom. The molecule has 2 rings (SSSR count). The van der Waals surface area contributed by atoms with E-state index in [-0.39, 0.29) is 5.69 Å². The van der Waals surface area contributed by atoms with E-state index in [4.69, 9.17) is 0 Å². The fourth-order valence-corrected chi connectivity index (χ4v) is 3.13. The summed E-state index contributed by atoms with van der Waals surface area (Å²) in [4.78, 5) is 10.0. The van der Waals surface area contributed by atoms with Gasteiger partial charge in [-0.1, -0.05) is 12.1 Å². The van der Waals surface area contributed by atoms with Gasteiger partial charge in [0, 0.05) is 47.5 Å². The van der Waals surface area contributed by atoms with Crippen molar-refractivity contribution in [1.29, 1.82) is 0 Å². The molecule has 0 bridgehead atoms. The Hall–Kier alpha value is -1.27. The minimum absolute atomic E-state index is 0.0720. The Bertz CT molecular complexity index is 429. The van der Waals surface area contributed by atoms with Crippen LogP contribution in [-0.2, 0) is 16.6 Å². The van der Waals surface area contributed by atoms with Gasteiger partial charge in [-0.2, -0.15) is 0 Å². The molecule has 0 saturated carbocycles. The van der Waals surface area contributed by atoms with Gasteiger partial charge in [0.15, 0.2) is 0 Å². The predicted octanol–water partition coefficient (Wildman–Crippen LogP) is 1.06. The number of rotatable bonds is 5. The SMILES string of the molecule is O=[N+]([O-])c1ccc(CS(=O)CC2CNC2)cc1. The second-order valence-electron chi connectivity index (χ2n) is 4.20. The Kier molecular flexibility index (Phi) is 3.86. The van der Waals surface area contributed by atoms with Crippen LogP contribution in [0.4, 0.5) is 5.69 Å². The second kappa shape index (κ2) is 5.37. The smallest absolute Gasteiger partial charge is 0.269 e. The lowest BCUT2D eigenvalue weighted by molar-refractivity contribution is -0.384. The first-order valence-corrected chi connectivity index (χ1v) is 6.93.